The van der Waals surface area contributed by atoms with Crippen LogP contribution in [0.15, 0.2) is 16.8 Å². The number of fused-ring (bicyclic) bond motifs is 1. The molecule has 0 radical (unpaired) electrons. The van der Waals surface area contributed by atoms with Gasteiger partial charge in [-0.3, -0.25) is 4.79 Å². The summed E-state index contributed by atoms with van der Waals surface area (Å²) in [7, 11) is 0. The van der Waals surface area contributed by atoms with Crippen molar-refractivity contribution in [1.82, 2.24) is 15.5 Å². The second kappa shape index (κ2) is 5.70. The van der Waals surface area contributed by atoms with Crippen molar-refractivity contribution in [2.45, 2.75) is 26.7 Å². The minimum atomic E-state index is -0.252. The van der Waals surface area contributed by atoms with Crippen molar-refractivity contribution in [1.29, 1.82) is 5.26 Å². The number of aromatic nitrogens is 2. The van der Waals surface area contributed by atoms with Gasteiger partial charge < -0.3 is 9.84 Å². The zero-order valence-electron chi connectivity index (χ0n) is 11.7. The Balaban J connectivity index is 2.24. The Kier molecular flexibility index (Phi) is 3.99. The smallest absolute Gasteiger partial charge is 0.257 e. The van der Waals surface area contributed by atoms with Gasteiger partial charge in [-0.25, -0.2) is 4.98 Å². The zero-order chi connectivity index (χ0) is 14.7. The lowest BCUT2D eigenvalue weighted by molar-refractivity contribution is 0.0950. The molecule has 0 bridgehead atoms. The molecule has 0 saturated carbocycles. The average molecular weight is 272 g/mol. The third kappa shape index (κ3) is 2.77. The molecule has 2 aromatic heterocycles. The lowest BCUT2D eigenvalue weighted by atomic mass is 10.1. The Labute approximate surface area is 116 Å². The van der Waals surface area contributed by atoms with E-state index in [-0.39, 0.29) is 17.7 Å². The molecule has 0 aliphatic rings. The topological polar surface area (TPSA) is 91.8 Å². The average Bonchev–Trinajstić information content (AvgIpc) is 2.87. The van der Waals surface area contributed by atoms with E-state index < -0.39 is 0 Å². The normalized spacial score (nSPS) is 12.3. The van der Waals surface area contributed by atoms with Gasteiger partial charge >= 0.3 is 0 Å². The summed E-state index contributed by atoms with van der Waals surface area (Å²) in [4.78, 5) is 16.1. The molecule has 1 amide bonds. The highest BCUT2D eigenvalue weighted by atomic mass is 16.5. The number of nitrogens with one attached hydrogen (secondary N) is 1. The van der Waals surface area contributed by atoms with Crippen molar-refractivity contribution >= 4 is 17.0 Å². The van der Waals surface area contributed by atoms with Crippen LogP contribution in [0, 0.1) is 17.2 Å². The maximum absolute atomic E-state index is 12.0. The molecule has 0 fully saturated rings. The number of hydrogen-bond donors (Lipinski definition) is 1. The Bertz CT molecular complexity index is 669. The molecule has 0 aromatic carbocycles. The van der Waals surface area contributed by atoms with Gasteiger partial charge in [-0.1, -0.05) is 19.0 Å². The summed E-state index contributed by atoms with van der Waals surface area (Å²) in [5.41, 5.74) is 1.65. The van der Waals surface area contributed by atoms with Gasteiger partial charge in [0, 0.05) is 12.7 Å². The van der Waals surface area contributed by atoms with E-state index in [1.165, 1.54) is 6.20 Å². The minimum Gasteiger partial charge on any atom is -0.351 e. The van der Waals surface area contributed by atoms with E-state index in [1.807, 2.05) is 13.8 Å². The Morgan fingerprint density at radius 2 is 2.25 bits per heavy atom. The number of hydrogen-bond acceptors (Lipinski definition) is 5. The fraction of sp³-hybridized carbons (Fsp3) is 0.429. The third-order valence-corrected chi connectivity index (χ3v) is 2.96. The van der Waals surface area contributed by atoms with E-state index in [4.69, 9.17) is 9.78 Å². The number of rotatable bonds is 4. The van der Waals surface area contributed by atoms with Crippen LogP contribution in [0.5, 0.6) is 0 Å². The number of carbonyl (C=O) groups is 1. The van der Waals surface area contributed by atoms with Gasteiger partial charge in [-0.2, -0.15) is 5.26 Å². The van der Waals surface area contributed by atoms with E-state index in [1.54, 1.807) is 13.0 Å². The first-order valence-corrected chi connectivity index (χ1v) is 6.46. The fourth-order valence-corrected chi connectivity index (χ4v) is 1.78. The molecule has 6 heteroatoms. The van der Waals surface area contributed by atoms with Crippen LogP contribution >= 0.6 is 0 Å². The van der Waals surface area contributed by atoms with Crippen molar-refractivity contribution in [2.75, 3.05) is 6.54 Å². The van der Waals surface area contributed by atoms with Crippen LogP contribution in [0.25, 0.3) is 11.1 Å². The highest BCUT2D eigenvalue weighted by molar-refractivity contribution is 5.97. The molecule has 1 N–H and O–H groups in total. The standard InChI is InChI=1S/C14H16N4O2/c1-8(2)12-11-4-10(7-17-14(11)20-18-12)13(19)16-6-9(3)5-15/h4,7-9H,6H2,1-3H3,(H,16,19). The fourth-order valence-electron chi connectivity index (χ4n) is 1.78. The molecule has 0 aliphatic heterocycles. The van der Waals surface area contributed by atoms with Crippen molar-refractivity contribution < 1.29 is 9.32 Å². The number of nitriles is 1. The first-order chi connectivity index (χ1) is 9.52. The van der Waals surface area contributed by atoms with Crippen molar-refractivity contribution in [3.05, 3.63) is 23.5 Å². The molecule has 20 heavy (non-hydrogen) atoms. The third-order valence-electron chi connectivity index (χ3n) is 2.96. The first-order valence-electron chi connectivity index (χ1n) is 6.46. The second-order valence-corrected chi connectivity index (χ2v) is 5.04. The number of carbonyl (C=O) groups excluding carboxylic acids is 1. The molecule has 104 valence electrons. The van der Waals surface area contributed by atoms with Gasteiger partial charge in [-0.15, -0.1) is 0 Å². The summed E-state index contributed by atoms with van der Waals surface area (Å²) in [6.07, 6.45) is 1.45. The highest BCUT2D eigenvalue weighted by Gasteiger charge is 2.15. The lowest BCUT2D eigenvalue weighted by Crippen LogP contribution is -2.27. The monoisotopic (exact) mass is 272 g/mol. The van der Waals surface area contributed by atoms with Gasteiger partial charge in [0.25, 0.3) is 11.6 Å². The largest absolute Gasteiger partial charge is 0.351 e. The molecule has 2 heterocycles. The summed E-state index contributed by atoms with van der Waals surface area (Å²) in [5.74, 6) is -0.287. The van der Waals surface area contributed by atoms with Crippen LogP contribution in [0.1, 0.15) is 42.7 Å². The quantitative estimate of drug-likeness (QED) is 0.921. The molecular formula is C14H16N4O2. The predicted molar refractivity (Wildman–Crippen MR) is 73.0 cm³/mol. The molecule has 0 saturated heterocycles. The summed E-state index contributed by atoms with van der Waals surface area (Å²) in [5, 5.41) is 16.1. The summed E-state index contributed by atoms with van der Waals surface area (Å²) in [6, 6.07) is 3.79. The van der Waals surface area contributed by atoms with Gasteiger partial charge in [-0.05, 0) is 18.9 Å². The van der Waals surface area contributed by atoms with Crippen LogP contribution in [-0.4, -0.2) is 22.6 Å². The Morgan fingerprint density at radius 3 is 2.90 bits per heavy atom. The SMILES string of the molecule is CC(C#N)CNC(=O)c1cnc2onc(C(C)C)c2c1. The first kappa shape index (κ1) is 14.0. The molecule has 1 unspecified atom stereocenters. The van der Waals surface area contributed by atoms with Crippen LogP contribution in [-0.2, 0) is 0 Å². The van der Waals surface area contributed by atoms with Gasteiger partial charge in [0.1, 0.15) is 0 Å². The molecular weight excluding hydrogens is 256 g/mol. The van der Waals surface area contributed by atoms with E-state index in [0.29, 0.717) is 17.8 Å². The van der Waals surface area contributed by atoms with Gasteiger partial charge in [0.15, 0.2) is 0 Å². The molecule has 0 aliphatic carbocycles. The van der Waals surface area contributed by atoms with E-state index in [9.17, 15) is 4.79 Å². The van der Waals surface area contributed by atoms with Crippen molar-refractivity contribution in [3.63, 3.8) is 0 Å². The number of amides is 1. The van der Waals surface area contributed by atoms with E-state index >= 15 is 0 Å². The Morgan fingerprint density at radius 1 is 1.50 bits per heavy atom. The summed E-state index contributed by atoms with van der Waals surface area (Å²) >= 11 is 0. The number of nitrogens with zero attached hydrogens (tertiary/aromatic N) is 3. The number of pyridine rings is 1. The second-order valence-electron chi connectivity index (χ2n) is 5.04. The van der Waals surface area contributed by atoms with Gasteiger partial charge in [0.05, 0.1) is 28.6 Å². The molecule has 2 aromatic rings. The molecule has 6 nitrogen and oxygen atoms in total. The Hall–Kier alpha value is -2.42. The van der Waals surface area contributed by atoms with Crippen molar-refractivity contribution in [3.8, 4) is 6.07 Å². The maximum atomic E-state index is 12.0. The lowest BCUT2D eigenvalue weighted by Gasteiger charge is -2.06. The van der Waals surface area contributed by atoms with Crippen LogP contribution in [0.2, 0.25) is 0 Å². The minimum absolute atomic E-state index is 0.190. The molecule has 1 atom stereocenters. The van der Waals surface area contributed by atoms with E-state index in [2.05, 4.69) is 21.5 Å². The molecule has 2 rings (SSSR count). The maximum Gasteiger partial charge on any atom is 0.257 e. The van der Waals surface area contributed by atoms with Crippen LogP contribution in [0.4, 0.5) is 0 Å². The van der Waals surface area contributed by atoms with Crippen LogP contribution < -0.4 is 5.32 Å². The van der Waals surface area contributed by atoms with Gasteiger partial charge in [0.2, 0.25) is 0 Å². The van der Waals surface area contributed by atoms with Crippen LogP contribution in [0.3, 0.4) is 0 Å². The molecule has 0 spiro atoms. The zero-order valence-corrected chi connectivity index (χ0v) is 11.7. The van der Waals surface area contributed by atoms with E-state index in [0.717, 1.165) is 11.1 Å². The summed E-state index contributed by atoms with van der Waals surface area (Å²) in [6.45, 7) is 6.06. The predicted octanol–water partition coefficient (Wildman–Crippen LogP) is 2.24. The van der Waals surface area contributed by atoms with Crippen molar-refractivity contribution in [2.24, 2.45) is 5.92 Å². The highest BCUT2D eigenvalue weighted by Crippen LogP contribution is 2.23. The summed E-state index contributed by atoms with van der Waals surface area (Å²) < 4.78 is 5.12.